The van der Waals surface area contributed by atoms with E-state index in [0.717, 1.165) is 54.0 Å². The molecule has 1 amide bonds. The smallest absolute Gasteiger partial charge is 0.326 e. The molecule has 4 heterocycles. The highest BCUT2D eigenvalue weighted by atomic mass is 32.2. The molecule has 18 heteroatoms. The molecule has 0 bridgehead atoms. The van der Waals surface area contributed by atoms with Crippen molar-refractivity contribution < 1.29 is 23.1 Å². The van der Waals surface area contributed by atoms with Crippen LogP contribution in [0, 0.1) is 5.41 Å². The van der Waals surface area contributed by atoms with Gasteiger partial charge in [0.05, 0.1) is 22.8 Å². The molecule has 48 heavy (non-hydrogen) atoms. The Labute approximate surface area is 285 Å². The minimum atomic E-state index is -4.10. The monoisotopic (exact) mass is 712 g/mol. The number of nitrogens with zero attached hydrogens (tertiary/aromatic N) is 4. The number of nitrogens with one attached hydrogen (secondary N) is 5. The normalized spacial score (nSPS) is 13.8. The molecular formula is C30H36N10O5S3. The number of benzene rings is 1. The molecule has 3 aromatic heterocycles. The molecule has 1 aliphatic rings. The molecule has 15 nitrogen and oxygen atoms in total. The van der Waals surface area contributed by atoms with Crippen LogP contribution in [0.2, 0.25) is 0 Å². The second-order valence-electron chi connectivity index (χ2n) is 10.8. The number of thiophene rings is 1. The summed E-state index contributed by atoms with van der Waals surface area (Å²) in [5, 5.41) is 29.5. The molecule has 0 radical (unpaired) electrons. The second-order valence-corrected chi connectivity index (χ2v) is 14.2. The Bertz CT molecular complexity index is 1820. The predicted octanol–water partition coefficient (Wildman–Crippen LogP) is 2.79. The molecule has 5 rings (SSSR count). The highest BCUT2D eigenvalue weighted by Gasteiger charge is 2.25. The summed E-state index contributed by atoms with van der Waals surface area (Å²) in [4.78, 5) is 38.2. The Morgan fingerprint density at radius 1 is 1.06 bits per heavy atom. The second kappa shape index (κ2) is 15.8. The molecule has 0 spiro atoms. The first-order valence-corrected chi connectivity index (χ1v) is 18.2. The van der Waals surface area contributed by atoms with E-state index < -0.39 is 27.9 Å². The fraction of sp³-hybridized carbons (Fsp3) is 0.300. The van der Waals surface area contributed by atoms with Crippen molar-refractivity contribution in [2.75, 3.05) is 52.6 Å². The lowest BCUT2D eigenvalue weighted by atomic mass is 10.1. The van der Waals surface area contributed by atoms with Crippen molar-refractivity contribution in [2.24, 2.45) is 5.73 Å². The largest absolute Gasteiger partial charge is 0.480 e. The average molecular weight is 713 g/mol. The number of guanidine groups is 1. The molecule has 1 aliphatic heterocycles. The van der Waals surface area contributed by atoms with Crippen LogP contribution in [0.15, 0.2) is 70.5 Å². The van der Waals surface area contributed by atoms with Gasteiger partial charge in [-0.3, -0.25) is 19.9 Å². The van der Waals surface area contributed by atoms with Gasteiger partial charge in [-0.2, -0.15) is 0 Å². The van der Waals surface area contributed by atoms with E-state index in [0.29, 0.717) is 18.7 Å². The number of aliphatic carboxylic acids is 1. The number of carboxylic acid groups (broad SMARTS) is 1. The Morgan fingerprint density at radius 3 is 2.54 bits per heavy atom. The van der Waals surface area contributed by atoms with Crippen molar-refractivity contribution in [3.8, 4) is 0 Å². The number of thiazole rings is 1. The number of piperazine rings is 1. The lowest BCUT2D eigenvalue weighted by Gasteiger charge is -2.35. The van der Waals surface area contributed by atoms with Crippen molar-refractivity contribution in [1.82, 2.24) is 20.6 Å². The van der Waals surface area contributed by atoms with Crippen molar-refractivity contribution in [1.29, 1.82) is 5.41 Å². The number of anilines is 4. The molecule has 8 N–H and O–H groups in total. The van der Waals surface area contributed by atoms with Gasteiger partial charge in [0.25, 0.3) is 15.9 Å². The van der Waals surface area contributed by atoms with Crippen molar-refractivity contribution in [3.05, 3.63) is 76.2 Å². The van der Waals surface area contributed by atoms with Crippen LogP contribution in [-0.2, 0) is 21.4 Å². The van der Waals surface area contributed by atoms with Crippen LogP contribution in [0.4, 0.5) is 22.2 Å². The van der Waals surface area contributed by atoms with Crippen molar-refractivity contribution in [2.45, 2.75) is 30.3 Å². The van der Waals surface area contributed by atoms with Crippen LogP contribution in [0.25, 0.3) is 0 Å². The molecule has 1 atom stereocenters. The minimum absolute atomic E-state index is 0.0162. The summed E-state index contributed by atoms with van der Waals surface area (Å²) in [6.45, 7) is 4.13. The number of amides is 1. The topological polar surface area (TPSA) is 219 Å². The average Bonchev–Trinajstić information content (AvgIpc) is 3.75. The van der Waals surface area contributed by atoms with Crippen LogP contribution in [0.3, 0.4) is 0 Å². The van der Waals surface area contributed by atoms with Gasteiger partial charge >= 0.3 is 5.97 Å². The first kappa shape index (κ1) is 34.4. The molecule has 254 valence electrons. The summed E-state index contributed by atoms with van der Waals surface area (Å²) in [5.41, 5.74) is 7.84. The number of hydrogen-bond donors (Lipinski definition) is 7. The fourth-order valence-electron chi connectivity index (χ4n) is 4.98. The zero-order valence-corrected chi connectivity index (χ0v) is 28.2. The van der Waals surface area contributed by atoms with Gasteiger partial charge in [-0.1, -0.05) is 6.07 Å². The van der Waals surface area contributed by atoms with E-state index in [4.69, 9.17) is 16.1 Å². The number of pyridine rings is 1. The summed E-state index contributed by atoms with van der Waals surface area (Å²) in [6, 6.07) is 10.6. The third-order valence-corrected chi connectivity index (χ3v) is 10.7. The number of rotatable bonds is 15. The van der Waals surface area contributed by atoms with E-state index in [9.17, 15) is 23.1 Å². The summed E-state index contributed by atoms with van der Waals surface area (Å²) >= 11 is 2.56. The van der Waals surface area contributed by atoms with Crippen LogP contribution in [0.5, 0.6) is 0 Å². The highest BCUT2D eigenvalue weighted by Crippen LogP contribution is 2.27. The molecule has 0 unspecified atom stereocenters. The van der Waals surface area contributed by atoms with Gasteiger partial charge in [0.1, 0.15) is 10.9 Å². The highest BCUT2D eigenvalue weighted by molar-refractivity contribution is 7.92. The van der Waals surface area contributed by atoms with E-state index in [-0.39, 0.29) is 34.4 Å². The number of carbonyl (C=O) groups excluding carboxylic acids is 1. The maximum atomic E-state index is 13.3. The molecule has 1 aromatic carbocycles. The maximum Gasteiger partial charge on any atom is 0.326 e. The predicted molar refractivity (Wildman–Crippen MR) is 188 cm³/mol. The fourth-order valence-corrected chi connectivity index (χ4v) is 7.79. The zero-order valence-electron chi connectivity index (χ0n) is 25.8. The quantitative estimate of drug-likeness (QED) is 0.0538. The molecule has 1 fully saturated rings. The summed E-state index contributed by atoms with van der Waals surface area (Å²) in [7, 11) is -4.10. The van der Waals surface area contributed by atoms with Crippen molar-refractivity contribution >= 4 is 72.7 Å². The zero-order chi connectivity index (χ0) is 34.1. The van der Waals surface area contributed by atoms with Gasteiger partial charge in [-0.15, -0.1) is 22.7 Å². The molecule has 1 saturated heterocycles. The van der Waals surface area contributed by atoms with Crippen LogP contribution < -0.4 is 36.2 Å². The molecule has 4 aromatic rings. The molecular weight excluding hydrogens is 677 g/mol. The van der Waals surface area contributed by atoms with Gasteiger partial charge in [0.2, 0.25) is 0 Å². The van der Waals surface area contributed by atoms with E-state index in [1.165, 1.54) is 18.2 Å². The Morgan fingerprint density at radius 2 is 1.81 bits per heavy atom. The molecule has 0 aliphatic carbocycles. The number of carbonyl (C=O) groups is 2. The summed E-state index contributed by atoms with van der Waals surface area (Å²) in [5.74, 6) is -2.19. The van der Waals surface area contributed by atoms with Crippen LogP contribution in [-0.4, -0.2) is 80.1 Å². The SMILES string of the molecule is N=C(N)NCCC[C@H](NC(=O)c1sccc1NS(=O)(=O)c1cccc(NCc2csc(N3CCN(c4ccncc4)CC3)n2)c1)C(=O)O. The minimum Gasteiger partial charge on any atom is -0.480 e. The number of carboxylic acids is 1. The van der Waals surface area contributed by atoms with Gasteiger partial charge < -0.3 is 36.6 Å². The Kier molecular flexibility index (Phi) is 11.3. The Balaban J connectivity index is 1.15. The third-order valence-electron chi connectivity index (χ3n) is 7.44. The standard InChI is InChI=1S/C30H36N10O5S3/c31-29(32)34-9-2-5-25(28(42)43)37-27(41)26-24(8-16-46-26)38-48(44,45)23-4-1-3-20(17-23)35-18-21-19-47-30(36-21)40-14-12-39(13-15-40)22-6-10-33-11-7-22/h1,3-4,6-8,10-11,16-17,19,25,35,38H,2,5,9,12-15,18H2,(H,37,41)(H,42,43)(H4,31,32,34)/t25-/m0/s1. The first-order valence-electron chi connectivity index (χ1n) is 15.0. The Hall–Kier alpha value is -4.94. The lowest BCUT2D eigenvalue weighted by Crippen LogP contribution is -2.46. The van der Waals surface area contributed by atoms with Crippen LogP contribution in [0.1, 0.15) is 28.2 Å². The third kappa shape index (κ3) is 9.11. The number of nitrogens with two attached hydrogens (primary N) is 1. The van der Waals surface area contributed by atoms with Crippen LogP contribution >= 0.6 is 22.7 Å². The first-order chi connectivity index (χ1) is 23.1. The number of sulfonamides is 1. The summed E-state index contributed by atoms with van der Waals surface area (Å²) < 4.78 is 29.1. The summed E-state index contributed by atoms with van der Waals surface area (Å²) in [6.07, 6.45) is 4.01. The molecule has 0 saturated carbocycles. The number of aromatic nitrogens is 2. The lowest BCUT2D eigenvalue weighted by molar-refractivity contribution is -0.139. The maximum absolute atomic E-state index is 13.3. The van der Waals surface area contributed by atoms with Gasteiger partial charge in [-0.25, -0.2) is 18.2 Å². The van der Waals surface area contributed by atoms with Gasteiger partial charge in [0, 0.05) is 61.9 Å². The van der Waals surface area contributed by atoms with Gasteiger partial charge in [-0.05, 0) is 54.6 Å². The van der Waals surface area contributed by atoms with E-state index in [2.05, 4.69) is 35.5 Å². The van der Waals surface area contributed by atoms with E-state index >= 15 is 0 Å². The van der Waals surface area contributed by atoms with E-state index in [1.807, 2.05) is 17.5 Å². The number of hydrogen-bond acceptors (Lipinski definition) is 12. The van der Waals surface area contributed by atoms with E-state index in [1.54, 1.807) is 41.2 Å². The van der Waals surface area contributed by atoms with Gasteiger partial charge in [0.15, 0.2) is 11.1 Å². The van der Waals surface area contributed by atoms with Crippen molar-refractivity contribution in [3.63, 3.8) is 0 Å².